The summed E-state index contributed by atoms with van der Waals surface area (Å²) in [5.41, 5.74) is 0. The largest absolute Gasteiger partial charge is 0.480 e. The molecule has 0 bridgehead atoms. The summed E-state index contributed by atoms with van der Waals surface area (Å²) < 4.78 is 21.7. The van der Waals surface area contributed by atoms with E-state index in [1.807, 2.05) is 0 Å². The van der Waals surface area contributed by atoms with Crippen LogP contribution >= 0.6 is 0 Å². The number of carboxylic acids is 1. The molecule has 94 valence electrons. The first-order chi connectivity index (χ1) is 7.13. The van der Waals surface area contributed by atoms with Gasteiger partial charge >= 0.3 is 5.97 Å². The molecule has 6 nitrogen and oxygen atoms in total. The number of carbonyl (C=O) groups is 2. The molecule has 0 heterocycles. The SMILES string of the molecule is CC(C)C(=O)NC(CCS(C)(=O)=O)C(=O)O. The second-order valence-electron chi connectivity index (χ2n) is 3.97. The lowest BCUT2D eigenvalue weighted by atomic mass is 10.1. The monoisotopic (exact) mass is 251 g/mol. The summed E-state index contributed by atoms with van der Waals surface area (Å²) in [6.45, 7) is 3.26. The van der Waals surface area contributed by atoms with Crippen LogP contribution < -0.4 is 5.32 Å². The molecule has 0 aliphatic heterocycles. The van der Waals surface area contributed by atoms with Gasteiger partial charge in [0.25, 0.3) is 0 Å². The Morgan fingerprint density at radius 1 is 1.31 bits per heavy atom. The number of nitrogens with one attached hydrogen (secondary N) is 1. The molecule has 0 aliphatic rings. The molecule has 16 heavy (non-hydrogen) atoms. The number of hydrogen-bond acceptors (Lipinski definition) is 4. The van der Waals surface area contributed by atoms with E-state index >= 15 is 0 Å². The molecule has 1 atom stereocenters. The second kappa shape index (κ2) is 5.83. The van der Waals surface area contributed by atoms with Crippen molar-refractivity contribution < 1.29 is 23.1 Å². The third kappa shape index (κ3) is 6.39. The summed E-state index contributed by atoms with van der Waals surface area (Å²) in [5.74, 6) is -2.22. The van der Waals surface area contributed by atoms with Crippen molar-refractivity contribution in [3.05, 3.63) is 0 Å². The van der Waals surface area contributed by atoms with Gasteiger partial charge in [-0.25, -0.2) is 13.2 Å². The lowest BCUT2D eigenvalue weighted by molar-refractivity contribution is -0.142. The second-order valence-corrected chi connectivity index (χ2v) is 6.23. The van der Waals surface area contributed by atoms with Gasteiger partial charge in [0.05, 0.1) is 5.75 Å². The molecule has 0 saturated carbocycles. The minimum Gasteiger partial charge on any atom is -0.480 e. The fourth-order valence-corrected chi connectivity index (χ4v) is 1.59. The first kappa shape index (κ1) is 14.9. The summed E-state index contributed by atoms with van der Waals surface area (Å²) in [5, 5.41) is 11.1. The molecule has 0 aromatic heterocycles. The van der Waals surface area contributed by atoms with Crippen LogP contribution in [0.5, 0.6) is 0 Å². The lowest BCUT2D eigenvalue weighted by Crippen LogP contribution is -2.43. The molecule has 0 rings (SSSR count). The number of hydrogen-bond donors (Lipinski definition) is 2. The molecule has 7 heteroatoms. The van der Waals surface area contributed by atoms with Crippen LogP contribution in [0.15, 0.2) is 0 Å². The highest BCUT2D eigenvalue weighted by molar-refractivity contribution is 7.90. The van der Waals surface area contributed by atoms with Gasteiger partial charge in [-0.2, -0.15) is 0 Å². The summed E-state index contributed by atoms with van der Waals surface area (Å²) in [7, 11) is -3.22. The number of carboxylic acid groups (broad SMARTS) is 1. The normalized spacial score (nSPS) is 13.5. The lowest BCUT2D eigenvalue weighted by Gasteiger charge is -2.15. The van der Waals surface area contributed by atoms with Crippen LogP contribution in [0.2, 0.25) is 0 Å². The summed E-state index contributed by atoms with van der Waals surface area (Å²) >= 11 is 0. The quantitative estimate of drug-likeness (QED) is 0.671. The highest BCUT2D eigenvalue weighted by Gasteiger charge is 2.22. The third-order valence-corrected chi connectivity index (χ3v) is 2.89. The Labute approximate surface area is 95.0 Å². The fraction of sp³-hybridized carbons (Fsp3) is 0.778. The molecule has 0 aromatic carbocycles. The van der Waals surface area contributed by atoms with Crippen LogP contribution in [-0.4, -0.2) is 43.5 Å². The highest BCUT2D eigenvalue weighted by Crippen LogP contribution is 2.00. The molecule has 0 aromatic rings. The Hall–Kier alpha value is -1.11. The van der Waals surface area contributed by atoms with E-state index in [2.05, 4.69) is 5.32 Å². The maximum atomic E-state index is 11.3. The Kier molecular flexibility index (Phi) is 5.43. The van der Waals surface area contributed by atoms with Gasteiger partial charge in [-0.15, -0.1) is 0 Å². The van der Waals surface area contributed by atoms with Crippen molar-refractivity contribution in [3.63, 3.8) is 0 Å². The van der Waals surface area contributed by atoms with Crippen LogP contribution in [0.3, 0.4) is 0 Å². The van der Waals surface area contributed by atoms with Crippen LogP contribution in [0.1, 0.15) is 20.3 Å². The van der Waals surface area contributed by atoms with Crippen LogP contribution in [0.4, 0.5) is 0 Å². The summed E-state index contributed by atoms with van der Waals surface area (Å²) in [6, 6.07) is -1.15. The Morgan fingerprint density at radius 2 is 1.81 bits per heavy atom. The van der Waals surface area contributed by atoms with Gasteiger partial charge in [0, 0.05) is 12.2 Å². The average Bonchev–Trinajstić information content (AvgIpc) is 2.09. The van der Waals surface area contributed by atoms with E-state index in [9.17, 15) is 18.0 Å². The van der Waals surface area contributed by atoms with E-state index in [0.717, 1.165) is 6.26 Å². The fourth-order valence-electron chi connectivity index (χ4n) is 0.928. The van der Waals surface area contributed by atoms with Crippen molar-refractivity contribution in [2.45, 2.75) is 26.3 Å². The smallest absolute Gasteiger partial charge is 0.326 e. The number of aliphatic carboxylic acids is 1. The van der Waals surface area contributed by atoms with Crippen molar-refractivity contribution >= 4 is 21.7 Å². The van der Waals surface area contributed by atoms with Crippen molar-refractivity contribution in [1.82, 2.24) is 5.32 Å². The minimum absolute atomic E-state index is 0.118. The molecule has 1 amide bonds. The number of sulfone groups is 1. The van der Waals surface area contributed by atoms with Gasteiger partial charge < -0.3 is 10.4 Å². The number of carbonyl (C=O) groups excluding carboxylic acids is 1. The van der Waals surface area contributed by atoms with Crippen LogP contribution in [0.25, 0.3) is 0 Å². The van der Waals surface area contributed by atoms with Crippen LogP contribution in [-0.2, 0) is 19.4 Å². The zero-order valence-corrected chi connectivity index (χ0v) is 10.4. The van der Waals surface area contributed by atoms with E-state index in [4.69, 9.17) is 5.11 Å². The van der Waals surface area contributed by atoms with E-state index in [0.29, 0.717) is 0 Å². The Bertz CT molecular complexity index is 360. The maximum Gasteiger partial charge on any atom is 0.326 e. The average molecular weight is 251 g/mol. The molecular weight excluding hydrogens is 234 g/mol. The number of rotatable bonds is 6. The highest BCUT2D eigenvalue weighted by atomic mass is 32.2. The Balaban J connectivity index is 4.41. The molecule has 0 saturated heterocycles. The van der Waals surface area contributed by atoms with E-state index < -0.39 is 27.8 Å². The van der Waals surface area contributed by atoms with Gasteiger partial charge in [-0.05, 0) is 6.42 Å². The maximum absolute atomic E-state index is 11.3. The van der Waals surface area contributed by atoms with Gasteiger partial charge in [0.15, 0.2) is 0 Å². The molecule has 2 N–H and O–H groups in total. The summed E-state index contributed by atoms with van der Waals surface area (Å²) in [4.78, 5) is 22.0. The van der Waals surface area contributed by atoms with E-state index in [1.165, 1.54) is 0 Å². The number of amides is 1. The predicted molar refractivity (Wildman–Crippen MR) is 58.7 cm³/mol. The topological polar surface area (TPSA) is 101 Å². The van der Waals surface area contributed by atoms with Gasteiger partial charge in [-0.3, -0.25) is 4.79 Å². The van der Waals surface area contributed by atoms with E-state index in [1.54, 1.807) is 13.8 Å². The molecule has 1 unspecified atom stereocenters. The van der Waals surface area contributed by atoms with Gasteiger partial charge in [0.2, 0.25) is 5.91 Å². The predicted octanol–water partition coefficient (Wildman–Crippen LogP) is -0.353. The van der Waals surface area contributed by atoms with Crippen LogP contribution in [0, 0.1) is 5.92 Å². The Morgan fingerprint density at radius 3 is 2.12 bits per heavy atom. The van der Waals surface area contributed by atoms with Crippen molar-refractivity contribution in [2.75, 3.05) is 12.0 Å². The van der Waals surface area contributed by atoms with Gasteiger partial charge in [0.1, 0.15) is 15.9 Å². The zero-order valence-electron chi connectivity index (χ0n) is 9.56. The molecule has 0 radical (unpaired) electrons. The first-order valence-electron chi connectivity index (χ1n) is 4.84. The van der Waals surface area contributed by atoms with Crippen molar-refractivity contribution in [3.8, 4) is 0 Å². The van der Waals surface area contributed by atoms with Crippen molar-refractivity contribution in [2.24, 2.45) is 5.92 Å². The van der Waals surface area contributed by atoms with Crippen molar-refractivity contribution in [1.29, 1.82) is 0 Å². The molecule has 0 aliphatic carbocycles. The summed E-state index contributed by atoms with van der Waals surface area (Å²) in [6.07, 6.45) is 0.906. The molecular formula is C9H17NO5S. The first-order valence-corrected chi connectivity index (χ1v) is 6.90. The van der Waals surface area contributed by atoms with E-state index in [-0.39, 0.29) is 18.1 Å². The minimum atomic E-state index is -3.22. The zero-order chi connectivity index (χ0) is 12.9. The molecule has 0 fully saturated rings. The van der Waals surface area contributed by atoms with Gasteiger partial charge in [-0.1, -0.05) is 13.8 Å². The standard InChI is InChI=1S/C9H17NO5S/c1-6(2)8(11)10-7(9(12)13)4-5-16(3,14)15/h6-7H,4-5H2,1-3H3,(H,10,11)(H,12,13). The molecule has 0 spiro atoms. The third-order valence-electron chi connectivity index (χ3n) is 1.92.